The summed E-state index contributed by atoms with van der Waals surface area (Å²) in [7, 11) is 0. The standard InChI is InChI=1S/C10H11N3S2/c1-2-11-9(14)13-10-12-7-5-3-4-6-8(7)15-10/h3-6H,2H2,1H3,(H2,11,12,13,14). The lowest BCUT2D eigenvalue weighted by Gasteiger charge is -2.04. The van der Waals surface area contributed by atoms with E-state index in [2.05, 4.69) is 21.7 Å². The van der Waals surface area contributed by atoms with Gasteiger partial charge in [0, 0.05) is 6.54 Å². The third-order valence-corrected chi connectivity index (χ3v) is 3.05. The van der Waals surface area contributed by atoms with Crippen molar-refractivity contribution in [1.29, 1.82) is 0 Å². The highest BCUT2D eigenvalue weighted by atomic mass is 32.1. The SMILES string of the molecule is CCNC(=S)Nc1nc2ccccc2s1. The van der Waals surface area contributed by atoms with Crippen molar-refractivity contribution in [3.63, 3.8) is 0 Å². The number of hydrogen-bond acceptors (Lipinski definition) is 3. The number of rotatable bonds is 2. The van der Waals surface area contributed by atoms with Crippen LogP contribution in [0.2, 0.25) is 0 Å². The maximum atomic E-state index is 5.08. The quantitative estimate of drug-likeness (QED) is 0.787. The predicted molar refractivity (Wildman–Crippen MR) is 69.5 cm³/mol. The zero-order valence-corrected chi connectivity index (χ0v) is 9.91. The first-order valence-electron chi connectivity index (χ1n) is 4.70. The van der Waals surface area contributed by atoms with Crippen LogP contribution in [0, 0.1) is 0 Å². The van der Waals surface area contributed by atoms with Crippen molar-refractivity contribution in [3.8, 4) is 0 Å². The number of nitrogens with zero attached hydrogens (tertiary/aromatic N) is 1. The molecule has 1 heterocycles. The molecule has 2 N–H and O–H groups in total. The molecule has 1 aromatic heterocycles. The van der Waals surface area contributed by atoms with Gasteiger partial charge in [0.15, 0.2) is 10.2 Å². The molecule has 78 valence electrons. The fourth-order valence-corrected chi connectivity index (χ4v) is 2.40. The summed E-state index contributed by atoms with van der Waals surface area (Å²) in [6, 6.07) is 8.03. The van der Waals surface area contributed by atoms with Gasteiger partial charge in [0.1, 0.15) is 0 Å². The van der Waals surface area contributed by atoms with Crippen LogP contribution in [0.1, 0.15) is 6.92 Å². The second kappa shape index (κ2) is 4.55. The molecule has 2 aromatic rings. The molecule has 0 atom stereocenters. The number of para-hydroxylation sites is 1. The Kier molecular flexibility index (Phi) is 3.13. The summed E-state index contributed by atoms with van der Waals surface area (Å²) in [6.45, 7) is 2.82. The fourth-order valence-electron chi connectivity index (χ4n) is 1.23. The summed E-state index contributed by atoms with van der Waals surface area (Å²) in [4.78, 5) is 4.41. The second-order valence-corrected chi connectivity index (χ2v) is 4.41. The van der Waals surface area contributed by atoms with Gasteiger partial charge in [-0.05, 0) is 31.3 Å². The number of thiocarbonyl (C=S) groups is 1. The molecule has 0 spiro atoms. The Balaban J connectivity index is 2.18. The topological polar surface area (TPSA) is 37.0 Å². The molecule has 0 saturated heterocycles. The molecule has 0 aliphatic rings. The summed E-state index contributed by atoms with van der Waals surface area (Å²) in [5.74, 6) is 0. The summed E-state index contributed by atoms with van der Waals surface area (Å²) in [5.41, 5.74) is 1.00. The van der Waals surface area contributed by atoms with Gasteiger partial charge >= 0.3 is 0 Å². The van der Waals surface area contributed by atoms with Gasteiger partial charge in [0.25, 0.3) is 0 Å². The first kappa shape index (κ1) is 10.3. The van der Waals surface area contributed by atoms with Crippen LogP contribution in [0.25, 0.3) is 10.2 Å². The highest BCUT2D eigenvalue weighted by Crippen LogP contribution is 2.25. The van der Waals surface area contributed by atoms with Gasteiger partial charge in [-0.2, -0.15) is 0 Å². The summed E-state index contributed by atoms with van der Waals surface area (Å²) < 4.78 is 1.17. The Labute approximate surface area is 97.5 Å². The van der Waals surface area contributed by atoms with E-state index >= 15 is 0 Å². The Bertz CT molecular complexity index is 445. The molecule has 1 aromatic carbocycles. The van der Waals surface area contributed by atoms with Crippen molar-refractivity contribution >= 4 is 44.0 Å². The van der Waals surface area contributed by atoms with Gasteiger partial charge in [0.05, 0.1) is 10.2 Å². The Morgan fingerprint density at radius 2 is 2.27 bits per heavy atom. The third kappa shape index (κ3) is 2.43. The molecule has 0 amide bonds. The van der Waals surface area contributed by atoms with Crippen molar-refractivity contribution in [2.75, 3.05) is 11.9 Å². The smallest absolute Gasteiger partial charge is 0.190 e. The number of thiazole rings is 1. The molecule has 3 nitrogen and oxygen atoms in total. The minimum absolute atomic E-state index is 0.622. The van der Waals surface area contributed by atoms with Crippen LogP contribution in [0.3, 0.4) is 0 Å². The van der Waals surface area contributed by atoms with E-state index in [-0.39, 0.29) is 0 Å². The first-order valence-corrected chi connectivity index (χ1v) is 5.92. The van der Waals surface area contributed by atoms with E-state index in [0.29, 0.717) is 5.11 Å². The molecule has 0 aliphatic carbocycles. The average Bonchev–Trinajstić information content (AvgIpc) is 2.59. The molecule has 5 heteroatoms. The van der Waals surface area contributed by atoms with Crippen LogP contribution in [0.4, 0.5) is 5.13 Å². The molecule has 0 saturated carbocycles. The summed E-state index contributed by atoms with van der Waals surface area (Å²) in [6.07, 6.45) is 0. The molecule has 15 heavy (non-hydrogen) atoms. The van der Waals surface area contributed by atoms with Gasteiger partial charge in [-0.3, -0.25) is 0 Å². The van der Waals surface area contributed by atoms with Crippen molar-refractivity contribution in [3.05, 3.63) is 24.3 Å². The number of aromatic nitrogens is 1. The van der Waals surface area contributed by atoms with Gasteiger partial charge in [0.2, 0.25) is 0 Å². The second-order valence-electron chi connectivity index (χ2n) is 2.97. The predicted octanol–water partition coefficient (Wildman–Crippen LogP) is 2.60. The van der Waals surface area contributed by atoms with E-state index in [1.165, 1.54) is 4.70 Å². The van der Waals surface area contributed by atoms with E-state index in [1.807, 2.05) is 25.1 Å². The molecule has 0 bridgehead atoms. The van der Waals surface area contributed by atoms with Gasteiger partial charge in [-0.1, -0.05) is 23.5 Å². The van der Waals surface area contributed by atoms with Crippen molar-refractivity contribution in [1.82, 2.24) is 10.3 Å². The zero-order valence-electron chi connectivity index (χ0n) is 8.28. The summed E-state index contributed by atoms with van der Waals surface area (Å²) >= 11 is 6.69. The molecule has 0 unspecified atom stereocenters. The van der Waals surface area contributed by atoms with E-state index in [1.54, 1.807) is 11.3 Å². The number of anilines is 1. The minimum atomic E-state index is 0.622. The average molecular weight is 237 g/mol. The van der Waals surface area contributed by atoms with E-state index < -0.39 is 0 Å². The lowest BCUT2D eigenvalue weighted by molar-refractivity contribution is 0.979. The lowest BCUT2D eigenvalue weighted by atomic mass is 10.3. The fraction of sp³-hybridized carbons (Fsp3) is 0.200. The highest BCUT2D eigenvalue weighted by Gasteiger charge is 2.03. The van der Waals surface area contributed by atoms with Crippen LogP contribution >= 0.6 is 23.6 Å². The van der Waals surface area contributed by atoms with Crippen LogP contribution in [0.15, 0.2) is 24.3 Å². The molecular formula is C10H11N3S2. The summed E-state index contributed by atoms with van der Waals surface area (Å²) in [5, 5.41) is 7.54. The lowest BCUT2D eigenvalue weighted by Crippen LogP contribution is -2.27. The molecule has 2 rings (SSSR count). The largest absolute Gasteiger partial charge is 0.363 e. The Morgan fingerprint density at radius 1 is 1.47 bits per heavy atom. The van der Waals surface area contributed by atoms with Gasteiger partial charge in [-0.25, -0.2) is 4.98 Å². The highest BCUT2D eigenvalue weighted by molar-refractivity contribution is 7.80. The monoisotopic (exact) mass is 237 g/mol. The van der Waals surface area contributed by atoms with Crippen molar-refractivity contribution in [2.24, 2.45) is 0 Å². The van der Waals surface area contributed by atoms with Crippen molar-refractivity contribution < 1.29 is 0 Å². The normalized spacial score (nSPS) is 10.2. The molecule has 0 aliphatic heterocycles. The molecule has 0 fully saturated rings. The van der Waals surface area contributed by atoms with Crippen molar-refractivity contribution in [2.45, 2.75) is 6.92 Å². The number of fused-ring (bicyclic) bond motifs is 1. The maximum Gasteiger partial charge on any atom is 0.190 e. The molecular weight excluding hydrogens is 226 g/mol. The number of benzene rings is 1. The zero-order chi connectivity index (χ0) is 10.7. The number of hydrogen-bond donors (Lipinski definition) is 2. The van der Waals surface area contributed by atoms with E-state index in [4.69, 9.17) is 12.2 Å². The number of nitrogens with one attached hydrogen (secondary N) is 2. The molecule has 0 radical (unpaired) electrons. The van der Waals surface area contributed by atoms with Crippen LogP contribution in [-0.4, -0.2) is 16.6 Å². The maximum absolute atomic E-state index is 5.08. The van der Waals surface area contributed by atoms with Crippen LogP contribution < -0.4 is 10.6 Å². The van der Waals surface area contributed by atoms with E-state index in [0.717, 1.165) is 17.2 Å². The minimum Gasteiger partial charge on any atom is -0.363 e. The first-order chi connectivity index (χ1) is 7.29. The van der Waals surface area contributed by atoms with Crippen LogP contribution in [-0.2, 0) is 0 Å². The van der Waals surface area contributed by atoms with Gasteiger partial charge < -0.3 is 10.6 Å². The Hall–Kier alpha value is -1.20. The van der Waals surface area contributed by atoms with Gasteiger partial charge in [-0.15, -0.1) is 0 Å². The van der Waals surface area contributed by atoms with Crippen LogP contribution in [0.5, 0.6) is 0 Å². The third-order valence-electron chi connectivity index (χ3n) is 1.85. The Morgan fingerprint density at radius 3 is 3.00 bits per heavy atom. The van der Waals surface area contributed by atoms with E-state index in [9.17, 15) is 0 Å².